The lowest BCUT2D eigenvalue weighted by Crippen LogP contribution is -2.57. The van der Waals surface area contributed by atoms with Crippen molar-refractivity contribution in [2.45, 2.75) is 37.6 Å². The minimum absolute atomic E-state index is 0.0626. The molecule has 2 aliphatic heterocycles. The lowest BCUT2D eigenvalue weighted by molar-refractivity contribution is -0.150. The van der Waals surface area contributed by atoms with Gasteiger partial charge in [0.05, 0.1) is 5.92 Å². The lowest BCUT2D eigenvalue weighted by Gasteiger charge is -2.36. The van der Waals surface area contributed by atoms with Gasteiger partial charge in [-0.25, -0.2) is 0 Å². The first kappa shape index (κ1) is 16.9. The largest absolute Gasteiger partial charge is 0.481 e. The Morgan fingerprint density at radius 3 is 2.80 bits per heavy atom. The number of amides is 1. The number of nitrogens with zero attached hydrogens (tertiary/aromatic N) is 1. The van der Waals surface area contributed by atoms with E-state index in [-0.39, 0.29) is 17.2 Å². The molecule has 0 radical (unpaired) electrons. The Morgan fingerprint density at radius 2 is 2.12 bits per heavy atom. The van der Waals surface area contributed by atoms with Gasteiger partial charge in [0.1, 0.15) is 6.04 Å². The third-order valence-electron chi connectivity index (χ3n) is 6.11. The molecule has 1 aliphatic carbocycles. The molecule has 3 unspecified atom stereocenters. The summed E-state index contributed by atoms with van der Waals surface area (Å²) in [4.78, 5) is 26.5. The summed E-state index contributed by atoms with van der Waals surface area (Å²) < 4.78 is 0. The fourth-order valence-electron chi connectivity index (χ4n) is 4.36. The monoisotopic (exact) mass is 362 g/mol. The Labute approximate surface area is 152 Å². The first-order valence-corrected chi connectivity index (χ1v) is 9.36. The van der Waals surface area contributed by atoms with Crippen LogP contribution in [-0.2, 0) is 9.59 Å². The molecular formula is C19H23ClN2O3. The molecule has 0 bridgehead atoms. The van der Waals surface area contributed by atoms with Crippen molar-refractivity contribution in [3.63, 3.8) is 0 Å². The number of benzene rings is 1. The number of carboxylic acid groups (broad SMARTS) is 1. The van der Waals surface area contributed by atoms with Gasteiger partial charge in [-0.2, -0.15) is 0 Å². The lowest BCUT2D eigenvalue weighted by atomic mass is 9.82. The molecule has 1 spiro atoms. The standard InChI is InChI=1S/C19H23ClN2O3/c20-14-3-1-2-12(8-14)13-4-7-22(10-13)17(23)16-15(18(24)25)9-19(5-6-19)11-21-16/h1-3,8,13,15-16,21H,4-7,9-11H2,(H,24,25). The van der Waals surface area contributed by atoms with Crippen molar-refractivity contribution < 1.29 is 14.7 Å². The molecule has 25 heavy (non-hydrogen) atoms. The van der Waals surface area contributed by atoms with Crippen LogP contribution in [0.5, 0.6) is 0 Å². The molecule has 3 atom stereocenters. The molecule has 0 aromatic heterocycles. The summed E-state index contributed by atoms with van der Waals surface area (Å²) >= 11 is 6.07. The van der Waals surface area contributed by atoms with Gasteiger partial charge in [-0.3, -0.25) is 9.59 Å². The Morgan fingerprint density at radius 1 is 1.32 bits per heavy atom. The van der Waals surface area contributed by atoms with Crippen molar-refractivity contribution in [3.8, 4) is 0 Å². The van der Waals surface area contributed by atoms with Gasteiger partial charge in [-0.15, -0.1) is 0 Å². The van der Waals surface area contributed by atoms with Crippen LogP contribution in [0.4, 0.5) is 0 Å². The normalized spacial score (nSPS) is 30.4. The van der Waals surface area contributed by atoms with Crippen LogP contribution >= 0.6 is 11.6 Å². The van der Waals surface area contributed by atoms with E-state index in [1.165, 1.54) is 0 Å². The number of carbonyl (C=O) groups is 2. The van der Waals surface area contributed by atoms with E-state index < -0.39 is 17.9 Å². The molecule has 1 aromatic rings. The second-order valence-corrected chi connectivity index (χ2v) is 8.27. The highest BCUT2D eigenvalue weighted by atomic mass is 35.5. The molecule has 3 fully saturated rings. The topological polar surface area (TPSA) is 69.6 Å². The summed E-state index contributed by atoms with van der Waals surface area (Å²) in [5.41, 5.74) is 1.28. The number of aliphatic carboxylic acids is 1. The Bertz CT molecular complexity index is 704. The van der Waals surface area contributed by atoms with Gasteiger partial charge in [-0.1, -0.05) is 23.7 Å². The van der Waals surface area contributed by atoms with Gasteiger partial charge < -0.3 is 15.3 Å². The summed E-state index contributed by atoms with van der Waals surface area (Å²) in [6.45, 7) is 2.07. The minimum Gasteiger partial charge on any atom is -0.481 e. The van der Waals surface area contributed by atoms with E-state index >= 15 is 0 Å². The van der Waals surface area contributed by atoms with Gasteiger partial charge in [0.25, 0.3) is 0 Å². The van der Waals surface area contributed by atoms with Crippen LogP contribution in [0.25, 0.3) is 0 Å². The highest BCUT2D eigenvalue weighted by molar-refractivity contribution is 6.30. The smallest absolute Gasteiger partial charge is 0.308 e. The summed E-state index contributed by atoms with van der Waals surface area (Å²) in [6, 6.07) is 7.18. The predicted octanol–water partition coefficient (Wildman–Crippen LogP) is 2.50. The molecule has 2 heterocycles. The first-order valence-electron chi connectivity index (χ1n) is 8.98. The van der Waals surface area contributed by atoms with Crippen LogP contribution in [0.3, 0.4) is 0 Å². The average molecular weight is 363 g/mol. The zero-order chi connectivity index (χ0) is 17.6. The first-order chi connectivity index (χ1) is 12.0. The Hall–Kier alpha value is -1.59. The van der Waals surface area contributed by atoms with Crippen molar-refractivity contribution in [2.75, 3.05) is 19.6 Å². The average Bonchev–Trinajstić information content (AvgIpc) is 3.16. The molecule has 3 aliphatic rings. The number of nitrogens with one attached hydrogen (secondary N) is 1. The molecule has 1 saturated carbocycles. The Balaban J connectivity index is 1.45. The van der Waals surface area contributed by atoms with Crippen LogP contribution in [-0.4, -0.2) is 47.6 Å². The number of piperidine rings is 1. The second kappa shape index (κ2) is 6.29. The molecule has 6 heteroatoms. The van der Waals surface area contributed by atoms with E-state index in [0.717, 1.165) is 31.4 Å². The second-order valence-electron chi connectivity index (χ2n) is 7.83. The van der Waals surface area contributed by atoms with Gasteiger partial charge >= 0.3 is 5.97 Å². The highest BCUT2D eigenvalue weighted by Crippen LogP contribution is 2.52. The maximum Gasteiger partial charge on any atom is 0.308 e. The summed E-state index contributed by atoms with van der Waals surface area (Å²) in [5.74, 6) is -1.27. The molecule has 4 rings (SSSR count). The Kier molecular flexibility index (Phi) is 4.24. The highest BCUT2D eigenvalue weighted by Gasteiger charge is 2.53. The van der Waals surface area contributed by atoms with Gasteiger partial charge in [0.2, 0.25) is 5.91 Å². The maximum absolute atomic E-state index is 13.0. The quantitative estimate of drug-likeness (QED) is 0.866. The van der Waals surface area contributed by atoms with Crippen molar-refractivity contribution in [3.05, 3.63) is 34.9 Å². The molecule has 5 nitrogen and oxygen atoms in total. The SMILES string of the molecule is O=C(O)C1CC2(CC2)CNC1C(=O)N1CCC(c2cccc(Cl)c2)C1. The van der Waals surface area contributed by atoms with Crippen molar-refractivity contribution in [1.82, 2.24) is 10.2 Å². The molecule has 2 saturated heterocycles. The maximum atomic E-state index is 13.0. The van der Waals surface area contributed by atoms with Gasteiger partial charge in [-0.05, 0) is 48.8 Å². The van der Waals surface area contributed by atoms with E-state index in [0.29, 0.717) is 24.5 Å². The predicted molar refractivity (Wildman–Crippen MR) is 94.6 cm³/mol. The van der Waals surface area contributed by atoms with E-state index in [2.05, 4.69) is 5.32 Å². The van der Waals surface area contributed by atoms with E-state index in [4.69, 9.17) is 11.6 Å². The number of carboxylic acids is 1. The molecule has 1 aromatic carbocycles. The fraction of sp³-hybridized carbons (Fsp3) is 0.579. The third-order valence-corrected chi connectivity index (χ3v) is 6.35. The molecule has 1 amide bonds. The van der Waals surface area contributed by atoms with Crippen molar-refractivity contribution >= 4 is 23.5 Å². The van der Waals surface area contributed by atoms with Gasteiger partial charge in [0, 0.05) is 30.6 Å². The van der Waals surface area contributed by atoms with E-state index in [9.17, 15) is 14.7 Å². The summed E-state index contributed by atoms with van der Waals surface area (Å²) in [6.07, 6.45) is 3.66. The fourth-order valence-corrected chi connectivity index (χ4v) is 4.56. The zero-order valence-electron chi connectivity index (χ0n) is 14.1. The molecule has 134 valence electrons. The number of likely N-dealkylation sites (tertiary alicyclic amines) is 1. The van der Waals surface area contributed by atoms with Crippen LogP contribution in [0.15, 0.2) is 24.3 Å². The molecule has 2 N–H and O–H groups in total. The zero-order valence-corrected chi connectivity index (χ0v) is 14.8. The van der Waals surface area contributed by atoms with Crippen LogP contribution in [0.2, 0.25) is 5.02 Å². The third kappa shape index (κ3) is 3.27. The van der Waals surface area contributed by atoms with Gasteiger partial charge in [0.15, 0.2) is 0 Å². The van der Waals surface area contributed by atoms with Crippen LogP contribution in [0.1, 0.15) is 37.2 Å². The summed E-state index contributed by atoms with van der Waals surface area (Å²) in [5, 5.41) is 13.6. The number of carbonyl (C=O) groups excluding carboxylic acids is 1. The van der Waals surface area contributed by atoms with Crippen LogP contribution < -0.4 is 5.32 Å². The minimum atomic E-state index is -0.859. The van der Waals surface area contributed by atoms with Crippen LogP contribution in [0, 0.1) is 11.3 Å². The molecular weight excluding hydrogens is 340 g/mol. The van der Waals surface area contributed by atoms with Crippen molar-refractivity contribution in [1.29, 1.82) is 0 Å². The van der Waals surface area contributed by atoms with Crippen molar-refractivity contribution in [2.24, 2.45) is 11.3 Å². The van der Waals surface area contributed by atoms with E-state index in [1.54, 1.807) is 0 Å². The van der Waals surface area contributed by atoms with E-state index in [1.807, 2.05) is 29.2 Å². The number of hydrogen-bond acceptors (Lipinski definition) is 3. The summed E-state index contributed by atoms with van der Waals surface area (Å²) in [7, 11) is 0. The number of halogens is 1. The number of hydrogen-bond donors (Lipinski definition) is 2. The number of rotatable bonds is 3.